The van der Waals surface area contributed by atoms with E-state index < -0.39 is 15.8 Å². The fraction of sp³-hybridized carbons (Fsp3) is 0.154. The van der Waals surface area contributed by atoms with Gasteiger partial charge < -0.3 is 10.1 Å². The maximum Gasteiger partial charge on any atom is 0.262 e. The number of ether oxygens (including phenoxy) is 1. The highest BCUT2D eigenvalue weighted by atomic mass is 32.2. The maximum atomic E-state index is 13.6. The Morgan fingerprint density at radius 1 is 1.24 bits per heavy atom. The molecule has 1 aromatic carbocycles. The summed E-state index contributed by atoms with van der Waals surface area (Å²) in [5, 5.41) is 2.75. The first kappa shape index (κ1) is 15.0. The topological polar surface area (TPSA) is 80.3 Å². The quantitative estimate of drug-likeness (QED) is 0.883. The summed E-state index contributed by atoms with van der Waals surface area (Å²) in [4.78, 5) is 3.96. The van der Waals surface area contributed by atoms with Crippen molar-refractivity contribution >= 4 is 21.5 Å². The number of anilines is 2. The van der Waals surface area contributed by atoms with E-state index in [2.05, 4.69) is 15.0 Å². The molecule has 21 heavy (non-hydrogen) atoms. The van der Waals surface area contributed by atoms with Crippen molar-refractivity contribution < 1.29 is 17.5 Å². The number of pyridine rings is 1. The second kappa shape index (κ2) is 5.96. The van der Waals surface area contributed by atoms with Crippen LogP contribution in [0.3, 0.4) is 0 Å². The molecule has 0 atom stereocenters. The van der Waals surface area contributed by atoms with E-state index in [1.807, 2.05) is 0 Å². The molecular weight excluding hydrogens is 297 g/mol. The number of hydrogen-bond donors (Lipinski definition) is 2. The summed E-state index contributed by atoms with van der Waals surface area (Å²) < 4.78 is 45.1. The number of rotatable bonds is 5. The molecule has 0 aliphatic rings. The van der Waals surface area contributed by atoms with Crippen LogP contribution in [0.1, 0.15) is 0 Å². The van der Waals surface area contributed by atoms with Crippen LogP contribution in [0.2, 0.25) is 0 Å². The minimum Gasteiger partial charge on any atom is -0.494 e. The molecule has 0 fully saturated rings. The van der Waals surface area contributed by atoms with Crippen molar-refractivity contribution in [2.75, 3.05) is 24.2 Å². The smallest absolute Gasteiger partial charge is 0.262 e. The highest BCUT2D eigenvalue weighted by Gasteiger charge is 2.16. The van der Waals surface area contributed by atoms with Crippen molar-refractivity contribution in [3.05, 3.63) is 42.3 Å². The van der Waals surface area contributed by atoms with E-state index in [1.54, 1.807) is 7.05 Å². The summed E-state index contributed by atoms with van der Waals surface area (Å²) in [6, 6.07) is 6.54. The molecule has 0 radical (unpaired) electrons. The summed E-state index contributed by atoms with van der Waals surface area (Å²) in [6.07, 6.45) is 1.37. The SMILES string of the molecule is CNc1cc(S(=O)(=O)Nc2ccc(OC)c(F)c2)ccn1. The molecule has 0 aliphatic carbocycles. The maximum absolute atomic E-state index is 13.6. The van der Waals surface area contributed by atoms with E-state index in [1.165, 1.54) is 37.6 Å². The zero-order valence-electron chi connectivity index (χ0n) is 11.4. The van der Waals surface area contributed by atoms with Gasteiger partial charge in [-0.15, -0.1) is 0 Å². The van der Waals surface area contributed by atoms with E-state index in [0.29, 0.717) is 5.82 Å². The minimum absolute atomic E-state index is 0.0260. The van der Waals surface area contributed by atoms with Gasteiger partial charge in [-0.2, -0.15) is 0 Å². The lowest BCUT2D eigenvalue weighted by Gasteiger charge is -2.10. The van der Waals surface area contributed by atoms with E-state index in [9.17, 15) is 12.8 Å². The summed E-state index contributed by atoms with van der Waals surface area (Å²) in [5.74, 6) is -0.193. The van der Waals surface area contributed by atoms with Gasteiger partial charge in [0, 0.05) is 25.4 Å². The molecule has 1 heterocycles. The van der Waals surface area contributed by atoms with Crippen LogP contribution in [0, 0.1) is 5.82 Å². The van der Waals surface area contributed by atoms with E-state index in [4.69, 9.17) is 4.74 Å². The first-order chi connectivity index (χ1) is 9.96. The van der Waals surface area contributed by atoms with Gasteiger partial charge in [-0.05, 0) is 18.2 Å². The van der Waals surface area contributed by atoms with Crippen LogP contribution < -0.4 is 14.8 Å². The Kier molecular flexibility index (Phi) is 4.27. The highest BCUT2D eigenvalue weighted by Crippen LogP contribution is 2.23. The Balaban J connectivity index is 2.30. The zero-order valence-corrected chi connectivity index (χ0v) is 12.2. The number of halogens is 1. The molecule has 1 aromatic heterocycles. The molecule has 0 spiro atoms. The van der Waals surface area contributed by atoms with Gasteiger partial charge >= 0.3 is 0 Å². The summed E-state index contributed by atoms with van der Waals surface area (Å²) in [6.45, 7) is 0. The second-order valence-corrected chi connectivity index (χ2v) is 5.76. The molecule has 2 rings (SSSR count). The Morgan fingerprint density at radius 2 is 2.00 bits per heavy atom. The molecule has 0 amide bonds. The van der Waals surface area contributed by atoms with Crippen LogP contribution in [0.4, 0.5) is 15.9 Å². The van der Waals surface area contributed by atoms with Crippen LogP contribution in [0.25, 0.3) is 0 Å². The van der Waals surface area contributed by atoms with Crippen molar-refractivity contribution in [1.82, 2.24) is 4.98 Å². The third kappa shape index (κ3) is 3.40. The van der Waals surface area contributed by atoms with E-state index >= 15 is 0 Å². The lowest BCUT2D eigenvalue weighted by atomic mass is 10.3. The minimum atomic E-state index is -3.82. The fourth-order valence-corrected chi connectivity index (χ4v) is 2.72. The van der Waals surface area contributed by atoms with Gasteiger partial charge in [-0.3, -0.25) is 4.72 Å². The Bertz CT molecular complexity index is 750. The lowest BCUT2D eigenvalue weighted by Crippen LogP contribution is -2.13. The van der Waals surface area contributed by atoms with E-state index in [-0.39, 0.29) is 16.3 Å². The highest BCUT2D eigenvalue weighted by molar-refractivity contribution is 7.92. The van der Waals surface area contributed by atoms with Crippen molar-refractivity contribution in [2.45, 2.75) is 4.90 Å². The summed E-state index contributed by atoms with van der Waals surface area (Å²) in [7, 11) is -0.858. The predicted octanol–water partition coefficient (Wildman–Crippen LogP) is 2.07. The Labute approximate surface area is 122 Å². The molecule has 2 N–H and O–H groups in total. The Hall–Kier alpha value is -2.35. The molecule has 6 nitrogen and oxygen atoms in total. The molecule has 8 heteroatoms. The number of nitrogens with one attached hydrogen (secondary N) is 2. The fourth-order valence-electron chi connectivity index (χ4n) is 1.66. The molecule has 0 unspecified atom stereocenters. The van der Waals surface area contributed by atoms with Crippen molar-refractivity contribution in [3.63, 3.8) is 0 Å². The number of hydrogen-bond acceptors (Lipinski definition) is 5. The molecule has 0 bridgehead atoms. The molecular formula is C13H14FN3O3S. The summed E-state index contributed by atoms with van der Waals surface area (Å²) >= 11 is 0. The van der Waals surface area contributed by atoms with Gasteiger partial charge in [-0.1, -0.05) is 0 Å². The molecule has 0 saturated carbocycles. The van der Waals surface area contributed by atoms with Crippen LogP contribution >= 0.6 is 0 Å². The molecule has 0 saturated heterocycles. The van der Waals surface area contributed by atoms with Crippen molar-refractivity contribution in [1.29, 1.82) is 0 Å². The predicted molar refractivity (Wildman–Crippen MR) is 77.5 cm³/mol. The van der Waals surface area contributed by atoms with Crippen LogP contribution in [0.5, 0.6) is 5.75 Å². The third-order valence-electron chi connectivity index (χ3n) is 2.70. The lowest BCUT2D eigenvalue weighted by molar-refractivity contribution is 0.386. The number of methoxy groups -OCH3 is 1. The van der Waals surface area contributed by atoms with E-state index in [0.717, 1.165) is 6.07 Å². The normalized spacial score (nSPS) is 11.0. The molecule has 2 aromatic rings. The van der Waals surface area contributed by atoms with Crippen LogP contribution in [-0.4, -0.2) is 27.6 Å². The number of nitrogens with zero attached hydrogens (tertiary/aromatic N) is 1. The number of benzene rings is 1. The largest absolute Gasteiger partial charge is 0.494 e. The van der Waals surface area contributed by atoms with Crippen molar-refractivity contribution in [3.8, 4) is 5.75 Å². The zero-order chi connectivity index (χ0) is 15.5. The first-order valence-electron chi connectivity index (χ1n) is 5.96. The van der Waals surface area contributed by atoms with Gasteiger partial charge in [0.15, 0.2) is 11.6 Å². The molecule has 112 valence electrons. The second-order valence-electron chi connectivity index (χ2n) is 4.08. The monoisotopic (exact) mass is 311 g/mol. The average Bonchev–Trinajstić information content (AvgIpc) is 2.47. The van der Waals surface area contributed by atoms with Gasteiger partial charge in [0.1, 0.15) is 5.82 Å². The summed E-state index contributed by atoms with van der Waals surface area (Å²) in [5.41, 5.74) is 0.108. The van der Waals surface area contributed by atoms with Gasteiger partial charge in [0.05, 0.1) is 17.7 Å². The van der Waals surface area contributed by atoms with Gasteiger partial charge in [-0.25, -0.2) is 17.8 Å². The first-order valence-corrected chi connectivity index (χ1v) is 7.45. The van der Waals surface area contributed by atoms with Gasteiger partial charge in [0.25, 0.3) is 10.0 Å². The number of aromatic nitrogens is 1. The third-order valence-corrected chi connectivity index (χ3v) is 4.08. The standard InChI is InChI=1S/C13H14FN3O3S/c1-15-13-8-10(5-6-16-13)21(18,19)17-9-3-4-12(20-2)11(14)7-9/h3-8,17H,1-2H3,(H,15,16). The van der Waals surface area contributed by atoms with Gasteiger partial charge in [0.2, 0.25) is 0 Å². The Morgan fingerprint density at radius 3 is 2.62 bits per heavy atom. The van der Waals surface area contributed by atoms with Crippen molar-refractivity contribution in [2.24, 2.45) is 0 Å². The van der Waals surface area contributed by atoms with Crippen LogP contribution in [-0.2, 0) is 10.0 Å². The molecule has 0 aliphatic heterocycles. The average molecular weight is 311 g/mol. The van der Waals surface area contributed by atoms with Crippen LogP contribution in [0.15, 0.2) is 41.4 Å². The number of sulfonamides is 1.